The van der Waals surface area contributed by atoms with E-state index in [1.54, 1.807) is 0 Å². The number of alkyl halides is 7. The van der Waals surface area contributed by atoms with E-state index in [-0.39, 0.29) is 54.0 Å². The number of hydrogen-bond donors (Lipinski definition) is 1. The number of likely N-dealkylation sites (N-methyl/N-ethyl adjacent to an activating group) is 1. The van der Waals surface area contributed by atoms with Crippen LogP contribution in [0.1, 0.15) is 49.7 Å². The topological polar surface area (TPSA) is 95.0 Å². The molecule has 1 saturated heterocycles. The Morgan fingerprint density at radius 3 is 2.04 bits per heavy atom. The number of carboxylic acid groups (broad SMARTS) is 1. The first-order valence-electron chi connectivity index (χ1n) is 14.0. The summed E-state index contributed by atoms with van der Waals surface area (Å²) in [6.07, 6.45) is -9.10. The monoisotopic (exact) mass is 670 g/mol. The summed E-state index contributed by atoms with van der Waals surface area (Å²) in [7, 11) is -3.21. The van der Waals surface area contributed by atoms with Gasteiger partial charge >= 0.3 is 18.0 Å². The van der Waals surface area contributed by atoms with Gasteiger partial charge < -0.3 is 14.9 Å². The Labute approximate surface area is 253 Å². The van der Waals surface area contributed by atoms with Crippen molar-refractivity contribution in [1.29, 1.82) is 0 Å². The van der Waals surface area contributed by atoms with Gasteiger partial charge in [0.05, 0.1) is 10.9 Å². The summed E-state index contributed by atoms with van der Waals surface area (Å²) in [4.78, 5) is 24.4. The zero-order chi connectivity index (χ0) is 33.6. The Morgan fingerprint density at radius 2 is 1.51 bits per heavy atom. The number of benzene rings is 2. The van der Waals surface area contributed by atoms with Gasteiger partial charge in [0, 0.05) is 37.3 Å². The largest absolute Gasteiger partial charge is 0.483 e. The fraction of sp³-hybridized carbons (Fsp3) is 0.517. The molecule has 2 aromatic rings. The van der Waals surface area contributed by atoms with E-state index in [9.17, 15) is 43.9 Å². The number of hydrogen-bond acceptors (Lipinski definition) is 5. The van der Waals surface area contributed by atoms with E-state index in [2.05, 4.69) is 0 Å². The molecule has 0 aromatic heterocycles. The molecule has 2 aromatic carbocycles. The lowest BCUT2D eigenvalue weighted by Gasteiger charge is -2.47. The van der Waals surface area contributed by atoms with Crippen LogP contribution in [-0.4, -0.2) is 69.3 Å². The van der Waals surface area contributed by atoms with Gasteiger partial charge in [-0.15, -0.1) is 0 Å². The molecular weight excluding hydrogens is 640 g/mol. The lowest BCUT2D eigenvalue weighted by molar-refractivity contribution is -0.348. The molecular formula is C29H30F8N2O5S. The zero-order valence-electron chi connectivity index (χ0n) is 23.8. The van der Waals surface area contributed by atoms with E-state index in [1.807, 2.05) is 0 Å². The molecule has 1 saturated carbocycles. The molecule has 2 heterocycles. The second-order valence-electron chi connectivity index (χ2n) is 11.4. The molecule has 1 N–H and O–H groups in total. The van der Waals surface area contributed by atoms with E-state index in [1.165, 1.54) is 16.8 Å². The lowest BCUT2D eigenvalue weighted by atomic mass is 9.82. The maximum Gasteiger partial charge on any atom is 0.435 e. The molecule has 7 nitrogen and oxygen atoms in total. The summed E-state index contributed by atoms with van der Waals surface area (Å²) in [6.45, 7) is -0.541. The predicted octanol–water partition coefficient (Wildman–Crippen LogP) is 6.12. The fourth-order valence-electron chi connectivity index (χ4n) is 6.82. The summed E-state index contributed by atoms with van der Waals surface area (Å²) in [6, 6.07) is 4.30. The van der Waals surface area contributed by atoms with Crippen LogP contribution in [0.4, 0.5) is 40.8 Å². The van der Waals surface area contributed by atoms with Crippen LogP contribution in [-0.2, 0) is 29.8 Å². The maximum absolute atomic E-state index is 15.0. The maximum atomic E-state index is 15.0. The normalized spacial score (nSPS) is 22.6. The van der Waals surface area contributed by atoms with Gasteiger partial charge in [-0.05, 0) is 55.2 Å². The number of carbonyl (C=O) groups is 2. The number of carbonyl (C=O) groups excluding carboxylic acids is 1. The van der Waals surface area contributed by atoms with Gasteiger partial charge in [0.15, 0.2) is 9.84 Å². The minimum absolute atomic E-state index is 0.0341. The molecule has 2 atom stereocenters. The van der Waals surface area contributed by atoms with Gasteiger partial charge in [-0.1, -0.05) is 31.4 Å². The molecule has 45 heavy (non-hydrogen) atoms. The number of likely N-dealkylation sites (tertiary alicyclic amines) is 1. The Balaban J connectivity index is 0.00000148. The molecule has 2 fully saturated rings. The third kappa shape index (κ3) is 5.52. The van der Waals surface area contributed by atoms with Crippen LogP contribution in [0, 0.1) is 11.7 Å². The van der Waals surface area contributed by atoms with Crippen LogP contribution >= 0.6 is 0 Å². The SMILES string of the molecule is CN1CC2N(C(=O)C3CCCCC3)CCC2(S(=O)(=O)c2ccc(F)cc2)c2ccc(C(F)(C(F)(F)F)C(F)(F)F)cc21.O=CO. The second-order valence-corrected chi connectivity index (χ2v) is 13.6. The summed E-state index contributed by atoms with van der Waals surface area (Å²) >= 11 is 0. The van der Waals surface area contributed by atoms with E-state index in [0.29, 0.717) is 25.0 Å². The molecule has 1 aliphatic carbocycles. The number of amides is 1. The molecule has 0 radical (unpaired) electrons. The van der Waals surface area contributed by atoms with Crippen LogP contribution in [0.2, 0.25) is 0 Å². The molecule has 2 aliphatic heterocycles. The number of rotatable bonds is 4. The van der Waals surface area contributed by atoms with Crippen LogP contribution in [0.5, 0.6) is 0 Å². The highest BCUT2D eigenvalue weighted by Gasteiger charge is 2.74. The first-order chi connectivity index (χ1) is 20.9. The van der Waals surface area contributed by atoms with Gasteiger partial charge in [0.1, 0.15) is 10.6 Å². The first-order valence-corrected chi connectivity index (χ1v) is 15.4. The smallest absolute Gasteiger partial charge is 0.435 e. The summed E-state index contributed by atoms with van der Waals surface area (Å²) in [5, 5.41) is 6.89. The van der Waals surface area contributed by atoms with Gasteiger partial charge in [0.2, 0.25) is 5.91 Å². The van der Waals surface area contributed by atoms with Crippen molar-refractivity contribution in [1.82, 2.24) is 4.90 Å². The highest BCUT2D eigenvalue weighted by atomic mass is 32.2. The van der Waals surface area contributed by atoms with Crippen molar-refractivity contribution in [3.05, 3.63) is 59.4 Å². The van der Waals surface area contributed by atoms with Crippen molar-refractivity contribution in [2.45, 2.75) is 72.2 Å². The van der Waals surface area contributed by atoms with E-state index >= 15 is 4.39 Å². The van der Waals surface area contributed by atoms with Crippen LogP contribution in [0.3, 0.4) is 0 Å². The molecule has 1 amide bonds. The molecule has 16 heteroatoms. The van der Waals surface area contributed by atoms with Crippen molar-refractivity contribution >= 4 is 27.9 Å². The Bertz CT molecular complexity index is 1510. The highest BCUT2D eigenvalue weighted by molar-refractivity contribution is 7.92. The van der Waals surface area contributed by atoms with Crippen LogP contribution in [0.25, 0.3) is 0 Å². The zero-order valence-corrected chi connectivity index (χ0v) is 24.7. The quantitative estimate of drug-likeness (QED) is 0.240. The predicted molar refractivity (Wildman–Crippen MR) is 145 cm³/mol. The number of anilines is 1. The summed E-state index contributed by atoms with van der Waals surface area (Å²) in [5.41, 5.74) is -7.94. The molecule has 0 bridgehead atoms. The summed E-state index contributed by atoms with van der Waals surface area (Å²) in [5.74, 6) is -1.33. The van der Waals surface area contributed by atoms with Crippen LogP contribution in [0.15, 0.2) is 47.4 Å². The Kier molecular flexibility index (Phi) is 9.23. The van der Waals surface area contributed by atoms with Crippen molar-refractivity contribution < 1.29 is 58.2 Å². The van der Waals surface area contributed by atoms with E-state index in [4.69, 9.17) is 9.90 Å². The van der Waals surface area contributed by atoms with Crippen molar-refractivity contribution in [2.75, 3.05) is 25.0 Å². The van der Waals surface area contributed by atoms with Crippen molar-refractivity contribution in [2.24, 2.45) is 5.92 Å². The molecule has 3 aliphatic rings. The van der Waals surface area contributed by atoms with Crippen molar-refractivity contribution in [3.63, 3.8) is 0 Å². The second kappa shape index (κ2) is 12.1. The average Bonchev–Trinajstić information content (AvgIpc) is 3.37. The third-order valence-electron chi connectivity index (χ3n) is 8.97. The van der Waals surface area contributed by atoms with Gasteiger partial charge in [-0.25, -0.2) is 17.2 Å². The van der Waals surface area contributed by atoms with Gasteiger partial charge in [0.25, 0.3) is 6.47 Å². The van der Waals surface area contributed by atoms with E-state index in [0.717, 1.165) is 49.6 Å². The minimum Gasteiger partial charge on any atom is -0.483 e. The van der Waals surface area contributed by atoms with Gasteiger partial charge in [-0.3, -0.25) is 9.59 Å². The summed E-state index contributed by atoms with van der Waals surface area (Å²) < 4.78 is 137. The molecule has 248 valence electrons. The highest BCUT2D eigenvalue weighted by Crippen LogP contribution is 2.57. The van der Waals surface area contributed by atoms with Gasteiger partial charge in [-0.2, -0.15) is 26.3 Å². The van der Waals surface area contributed by atoms with E-state index < -0.39 is 50.0 Å². The standard InChI is InChI=1S/C28H28F8N2O3S.CH2O2/c1-37-16-23-25(42(40,41)20-10-8-19(29)9-11-20,13-14-38(23)24(39)17-5-3-2-4-6-17)21-12-7-18(15-22(21)37)26(30,27(31,32)33)28(34,35)36;2-1-3/h7-12,15,17,23H,2-6,13-14,16H2,1H3;1H,(H,2,3). The Morgan fingerprint density at radius 1 is 0.956 bits per heavy atom. The number of nitrogens with zero attached hydrogens (tertiary/aromatic N) is 2. The Hall–Kier alpha value is -3.43. The van der Waals surface area contributed by atoms with Crippen molar-refractivity contribution in [3.8, 4) is 0 Å². The van der Waals surface area contributed by atoms with Crippen LogP contribution < -0.4 is 4.90 Å². The minimum atomic E-state index is -6.36. The molecule has 0 spiro atoms. The lowest BCUT2D eigenvalue weighted by Crippen LogP contribution is -2.58. The molecule has 5 rings (SSSR count). The fourth-order valence-corrected chi connectivity index (χ4v) is 9.11. The number of halogens is 8. The average molecular weight is 671 g/mol. The first kappa shape index (κ1) is 34.4. The number of fused-ring (bicyclic) bond motifs is 3. The molecule has 2 unspecified atom stereocenters. The third-order valence-corrected chi connectivity index (χ3v) is 11.5. The number of sulfone groups is 1.